The summed E-state index contributed by atoms with van der Waals surface area (Å²) in [5, 5.41) is 3.43. The minimum absolute atomic E-state index is 0.00553. The number of rotatable bonds is 9. The summed E-state index contributed by atoms with van der Waals surface area (Å²) in [6.07, 6.45) is 9.76. The molecular weight excluding hydrogens is 540 g/mol. The van der Waals surface area contributed by atoms with Crippen molar-refractivity contribution < 1.29 is 0 Å². The second kappa shape index (κ2) is 15.3. The molecule has 6 aromatic rings. The predicted molar refractivity (Wildman–Crippen MR) is 181 cm³/mol. The molecule has 0 aliphatic carbocycles. The lowest BCUT2D eigenvalue weighted by molar-refractivity contribution is 0.698. The first-order chi connectivity index (χ1) is 21.6. The Kier molecular flexibility index (Phi) is 10.5. The number of anilines is 1. The third-order valence-electron chi connectivity index (χ3n) is 7.24. The van der Waals surface area contributed by atoms with E-state index >= 15 is 0 Å². The first-order valence-electron chi connectivity index (χ1n) is 14.9. The van der Waals surface area contributed by atoms with Crippen LogP contribution in [0.15, 0.2) is 140 Å². The summed E-state index contributed by atoms with van der Waals surface area (Å²) in [6.45, 7) is 5.08. The minimum Gasteiger partial charge on any atom is -0.368 e. The molecule has 2 aromatic carbocycles. The molecule has 6 rings (SSSR count). The number of nitrogens with two attached hydrogens (primary N) is 1. The number of hydrogen-bond donors (Lipinski definition) is 2. The van der Waals surface area contributed by atoms with Crippen LogP contribution in [0.1, 0.15) is 30.9 Å². The van der Waals surface area contributed by atoms with Gasteiger partial charge in [-0.1, -0.05) is 74.5 Å². The minimum atomic E-state index is 0.00553. The van der Waals surface area contributed by atoms with Crippen molar-refractivity contribution in [1.82, 2.24) is 19.9 Å². The van der Waals surface area contributed by atoms with Crippen LogP contribution in [0.4, 0.5) is 5.82 Å². The molecule has 0 fully saturated rings. The monoisotopic (exact) mass is 578 g/mol. The molecule has 0 radical (unpaired) electrons. The number of aromatic nitrogens is 4. The van der Waals surface area contributed by atoms with Crippen molar-refractivity contribution in [3.8, 4) is 33.6 Å². The smallest absolute Gasteiger partial charge is 0.126 e. The van der Waals surface area contributed by atoms with Gasteiger partial charge < -0.3 is 11.1 Å². The van der Waals surface area contributed by atoms with Crippen molar-refractivity contribution in [1.29, 1.82) is 0 Å². The lowest BCUT2D eigenvalue weighted by Gasteiger charge is -2.16. The third-order valence-corrected chi connectivity index (χ3v) is 7.24. The van der Waals surface area contributed by atoms with Gasteiger partial charge in [0.05, 0.1) is 11.4 Å². The van der Waals surface area contributed by atoms with Gasteiger partial charge in [0.2, 0.25) is 0 Å². The SMILES string of the molecule is CC(C)c1cccc(-c2ccc(NCC(N)Cc3ccccc3)nc2-c2ccncc2)c1.c1ccc(-c2ccncc2)nc1. The first kappa shape index (κ1) is 30.3. The zero-order valence-electron chi connectivity index (χ0n) is 25.2. The molecule has 1 atom stereocenters. The molecule has 0 bridgehead atoms. The van der Waals surface area contributed by atoms with Crippen LogP contribution in [0.5, 0.6) is 0 Å². The highest BCUT2D eigenvalue weighted by Crippen LogP contribution is 2.33. The van der Waals surface area contributed by atoms with Gasteiger partial charge in [-0.15, -0.1) is 0 Å². The molecular formula is C38H38N6. The van der Waals surface area contributed by atoms with Crippen molar-refractivity contribution in [2.75, 3.05) is 11.9 Å². The van der Waals surface area contributed by atoms with Crippen LogP contribution in [0.25, 0.3) is 33.6 Å². The summed E-state index contributed by atoms with van der Waals surface area (Å²) in [4.78, 5) is 17.3. The normalized spacial score (nSPS) is 11.4. The maximum Gasteiger partial charge on any atom is 0.126 e. The molecule has 4 aromatic heterocycles. The summed E-state index contributed by atoms with van der Waals surface area (Å²) in [5.74, 6) is 1.29. The topological polar surface area (TPSA) is 89.6 Å². The van der Waals surface area contributed by atoms with E-state index in [4.69, 9.17) is 10.7 Å². The van der Waals surface area contributed by atoms with Crippen LogP contribution < -0.4 is 11.1 Å². The third kappa shape index (κ3) is 8.43. The molecule has 220 valence electrons. The molecule has 0 saturated heterocycles. The maximum absolute atomic E-state index is 6.37. The zero-order chi connectivity index (χ0) is 30.6. The lowest BCUT2D eigenvalue weighted by Crippen LogP contribution is -2.31. The fourth-order valence-electron chi connectivity index (χ4n) is 4.87. The summed E-state index contributed by atoms with van der Waals surface area (Å²) >= 11 is 0. The Morgan fingerprint density at radius 1 is 0.659 bits per heavy atom. The Morgan fingerprint density at radius 2 is 1.36 bits per heavy atom. The average Bonchev–Trinajstić information content (AvgIpc) is 3.09. The highest BCUT2D eigenvalue weighted by molar-refractivity contribution is 5.82. The Balaban J connectivity index is 0.000000266. The average molecular weight is 579 g/mol. The summed E-state index contributed by atoms with van der Waals surface area (Å²) in [6, 6.07) is 37.0. The van der Waals surface area contributed by atoms with Crippen LogP contribution in [0, 0.1) is 0 Å². The lowest BCUT2D eigenvalue weighted by atomic mass is 9.95. The molecule has 0 amide bonds. The Bertz CT molecular complexity index is 1670. The van der Waals surface area contributed by atoms with Gasteiger partial charge in [-0.2, -0.15) is 0 Å². The Labute approximate surface area is 260 Å². The van der Waals surface area contributed by atoms with E-state index in [2.05, 4.69) is 76.6 Å². The zero-order valence-corrected chi connectivity index (χ0v) is 25.2. The first-order valence-corrected chi connectivity index (χ1v) is 14.9. The molecule has 0 saturated carbocycles. The van der Waals surface area contributed by atoms with Crippen LogP contribution in [-0.4, -0.2) is 32.5 Å². The van der Waals surface area contributed by atoms with Crippen molar-refractivity contribution >= 4 is 5.82 Å². The van der Waals surface area contributed by atoms with Crippen LogP contribution in [0.3, 0.4) is 0 Å². The van der Waals surface area contributed by atoms with Gasteiger partial charge in [-0.25, -0.2) is 4.98 Å². The maximum atomic E-state index is 6.37. The van der Waals surface area contributed by atoms with Crippen molar-refractivity contribution in [3.05, 3.63) is 151 Å². The van der Waals surface area contributed by atoms with E-state index < -0.39 is 0 Å². The largest absolute Gasteiger partial charge is 0.368 e. The van der Waals surface area contributed by atoms with Gasteiger partial charge in [0.25, 0.3) is 0 Å². The van der Waals surface area contributed by atoms with Gasteiger partial charge >= 0.3 is 0 Å². The van der Waals surface area contributed by atoms with E-state index in [1.54, 1.807) is 31.0 Å². The van der Waals surface area contributed by atoms with Crippen LogP contribution in [-0.2, 0) is 6.42 Å². The fraction of sp³-hybridized carbons (Fsp3) is 0.158. The van der Waals surface area contributed by atoms with Gasteiger partial charge in [0, 0.05) is 60.3 Å². The molecule has 4 heterocycles. The quantitative estimate of drug-likeness (QED) is 0.180. The van der Waals surface area contributed by atoms with E-state index in [-0.39, 0.29) is 6.04 Å². The number of nitrogens with one attached hydrogen (secondary N) is 1. The van der Waals surface area contributed by atoms with Gasteiger partial charge in [-0.05, 0) is 77.6 Å². The van der Waals surface area contributed by atoms with E-state index in [1.807, 2.05) is 66.7 Å². The highest BCUT2D eigenvalue weighted by atomic mass is 15.0. The Hall–Kier alpha value is -5.20. The summed E-state index contributed by atoms with van der Waals surface area (Å²) in [7, 11) is 0. The number of nitrogens with zero attached hydrogens (tertiary/aromatic N) is 4. The summed E-state index contributed by atoms with van der Waals surface area (Å²) in [5.41, 5.74) is 15.3. The number of pyridine rings is 4. The number of hydrogen-bond acceptors (Lipinski definition) is 6. The molecule has 1 unspecified atom stereocenters. The second-order valence-electron chi connectivity index (χ2n) is 10.9. The Morgan fingerprint density at radius 3 is 2.05 bits per heavy atom. The molecule has 44 heavy (non-hydrogen) atoms. The highest BCUT2D eigenvalue weighted by Gasteiger charge is 2.13. The fourth-order valence-corrected chi connectivity index (χ4v) is 4.87. The molecule has 0 spiro atoms. The molecule has 3 N–H and O–H groups in total. The van der Waals surface area contributed by atoms with Crippen molar-refractivity contribution in [3.63, 3.8) is 0 Å². The van der Waals surface area contributed by atoms with Gasteiger partial charge in [-0.3, -0.25) is 15.0 Å². The van der Waals surface area contributed by atoms with Crippen LogP contribution >= 0.6 is 0 Å². The van der Waals surface area contributed by atoms with Crippen LogP contribution in [0.2, 0.25) is 0 Å². The molecule has 0 aliphatic heterocycles. The standard InChI is InChI=1S/C28H30N4.C10H8N2/c1-20(2)23-9-6-10-24(18-23)26-11-12-27(32-28(26)22-13-15-30-16-14-22)31-19-25(29)17-21-7-4-3-5-8-21;1-2-6-12-10(3-1)9-4-7-11-8-5-9/h3-16,18,20,25H,17,19,29H2,1-2H3,(H,31,32);1-8H. The summed E-state index contributed by atoms with van der Waals surface area (Å²) < 4.78 is 0. The van der Waals surface area contributed by atoms with E-state index in [0.717, 1.165) is 40.3 Å². The molecule has 6 heteroatoms. The number of benzene rings is 2. The molecule has 0 aliphatic rings. The van der Waals surface area contributed by atoms with Crippen molar-refractivity contribution in [2.45, 2.75) is 32.2 Å². The predicted octanol–water partition coefficient (Wildman–Crippen LogP) is 8.06. The molecule has 6 nitrogen and oxygen atoms in total. The van der Waals surface area contributed by atoms with Gasteiger partial charge in [0.15, 0.2) is 0 Å². The van der Waals surface area contributed by atoms with Gasteiger partial charge in [0.1, 0.15) is 5.82 Å². The van der Waals surface area contributed by atoms with E-state index in [1.165, 1.54) is 16.7 Å². The van der Waals surface area contributed by atoms with E-state index in [9.17, 15) is 0 Å². The van der Waals surface area contributed by atoms with Crippen molar-refractivity contribution in [2.24, 2.45) is 5.73 Å². The second-order valence-corrected chi connectivity index (χ2v) is 10.9. The van der Waals surface area contributed by atoms with E-state index in [0.29, 0.717) is 12.5 Å².